The summed E-state index contributed by atoms with van der Waals surface area (Å²) in [6, 6.07) is 4.61. The molecular weight excluding hydrogens is 381 g/mol. The number of aliphatic imine (C=N–C) groups is 1. The molecule has 2 aliphatic heterocycles. The van der Waals surface area contributed by atoms with E-state index in [1.165, 1.54) is 30.8 Å². The second kappa shape index (κ2) is 6.20. The molecule has 1 aromatic rings. The third-order valence-corrected chi connectivity index (χ3v) is 6.88. The van der Waals surface area contributed by atoms with Gasteiger partial charge in [0.1, 0.15) is 5.75 Å². The first kappa shape index (κ1) is 18.1. The van der Waals surface area contributed by atoms with Gasteiger partial charge in [0.15, 0.2) is 15.0 Å². The van der Waals surface area contributed by atoms with Crippen LogP contribution in [-0.2, 0) is 14.6 Å². The standard InChI is InChI=1S/C14H13F3N2O4S2/c1-8(20)18-13-19(11-6-25(21,22)7-12(11)24-13)9-2-4-10(5-3-9)23-14(15,16)17/h2-5,11-12H,6-7H2,1H3/t11-,12+/m0/s1. The Kier molecular flexibility index (Phi) is 4.48. The van der Waals surface area contributed by atoms with Crippen LogP contribution in [0.4, 0.5) is 18.9 Å². The first-order valence-electron chi connectivity index (χ1n) is 7.15. The van der Waals surface area contributed by atoms with Crippen molar-refractivity contribution in [3.63, 3.8) is 0 Å². The van der Waals surface area contributed by atoms with E-state index in [2.05, 4.69) is 9.73 Å². The van der Waals surface area contributed by atoms with E-state index >= 15 is 0 Å². The van der Waals surface area contributed by atoms with Gasteiger partial charge in [-0.15, -0.1) is 13.2 Å². The first-order valence-corrected chi connectivity index (χ1v) is 9.85. The number of hydrogen-bond donors (Lipinski definition) is 0. The summed E-state index contributed by atoms with van der Waals surface area (Å²) in [4.78, 5) is 16.8. The summed E-state index contributed by atoms with van der Waals surface area (Å²) in [5.74, 6) is -0.941. The summed E-state index contributed by atoms with van der Waals surface area (Å²) < 4.78 is 64.3. The van der Waals surface area contributed by atoms with Crippen LogP contribution < -0.4 is 9.64 Å². The highest BCUT2D eigenvalue weighted by Crippen LogP contribution is 2.41. The Hall–Kier alpha value is -1.75. The van der Waals surface area contributed by atoms with Crippen LogP contribution in [0.15, 0.2) is 29.3 Å². The summed E-state index contributed by atoms with van der Waals surface area (Å²) in [7, 11) is -3.21. The van der Waals surface area contributed by atoms with Crippen molar-refractivity contribution in [2.75, 3.05) is 16.4 Å². The number of fused-ring (bicyclic) bond motifs is 1. The van der Waals surface area contributed by atoms with Crippen LogP contribution in [0.25, 0.3) is 0 Å². The van der Waals surface area contributed by atoms with Crippen molar-refractivity contribution in [1.29, 1.82) is 0 Å². The Bertz CT molecular complexity index is 821. The van der Waals surface area contributed by atoms with E-state index in [-0.39, 0.29) is 22.5 Å². The zero-order chi connectivity index (χ0) is 18.4. The number of sulfone groups is 1. The Morgan fingerprint density at radius 3 is 2.48 bits per heavy atom. The number of ether oxygens (including phenoxy) is 1. The number of hydrogen-bond acceptors (Lipinski definition) is 5. The Morgan fingerprint density at radius 2 is 1.92 bits per heavy atom. The summed E-state index contributed by atoms with van der Waals surface area (Å²) in [5, 5.41) is 0.0797. The van der Waals surface area contributed by atoms with Crippen molar-refractivity contribution >= 4 is 38.4 Å². The highest BCUT2D eigenvalue weighted by atomic mass is 32.2. The quantitative estimate of drug-likeness (QED) is 0.766. The molecule has 2 fully saturated rings. The van der Waals surface area contributed by atoms with Crippen LogP contribution in [-0.4, -0.2) is 48.7 Å². The molecule has 0 spiro atoms. The number of rotatable bonds is 2. The third-order valence-electron chi connectivity index (χ3n) is 3.67. The van der Waals surface area contributed by atoms with Crippen LogP contribution in [0, 0.1) is 0 Å². The topological polar surface area (TPSA) is 76.0 Å². The number of alkyl halides is 3. The second-order valence-electron chi connectivity index (χ2n) is 5.63. The lowest BCUT2D eigenvalue weighted by Gasteiger charge is -2.24. The fourth-order valence-corrected chi connectivity index (χ4v) is 6.77. The zero-order valence-electron chi connectivity index (χ0n) is 12.9. The molecule has 25 heavy (non-hydrogen) atoms. The van der Waals surface area contributed by atoms with Gasteiger partial charge in [0.25, 0.3) is 0 Å². The van der Waals surface area contributed by atoms with E-state index in [0.29, 0.717) is 10.9 Å². The number of amidine groups is 1. The maximum atomic E-state index is 12.3. The lowest BCUT2D eigenvalue weighted by Crippen LogP contribution is -2.37. The molecule has 3 rings (SSSR count). The van der Waals surface area contributed by atoms with Gasteiger partial charge in [-0.1, -0.05) is 11.8 Å². The number of amides is 1. The molecule has 0 saturated carbocycles. The molecule has 6 nitrogen and oxygen atoms in total. The zero-order valence-corrected chi connectivity index (χ0v) is 14.5. The van der Waals surface area contributed by atoms with Gasteiger partial charge in [-0.3, -0.25) is 4.79 Å². The second-order valence-corrected chi connectivity index (χ2v) is 8.99. The maximum Gasteiger partial charge on any atom is 0.573 e. The van der Waals surface area contributed by atoms with Crippen LogP contribution in [0.3, 0.4) is 0 Å². The van der Waals surface area contributed by atoms with Gasteiger partial charge in [0.2, 0.25) is 5.91 Å². The molecule has 1 aromatic carbocycles. The molecule has 0 aliphatic carbocycles. The number of carbonyl (C=O) groups excluding carboxylic acids is 1. The van der Waals surface area contributed by atoms with E-state index in [0.717, 1.165) is 12.1 Å². The number of carbonyl (C=O) groups is 1. The van der Waals surface area contributed by atoms with Crippen molar-refractivity contribution in [1.82, 2.24) is 0 Å². The molecule has 2 atom stereocenters. The maximum absolute atomic E-state index is 12.3. The largest absolute Gasteiger partial charge is 0.573 e. The Labute approximate surface area is 146 Å². The molecule has 2 heterocycles. The summed E-state index contributed by atoms with van der Waals surface area (Å²) in [5.41, 5.74) is 0.451. The SMILES string of the molecule is CC(=O)N=C1S[C@@H]2CS(=O)(=O)C[C@@H]2N1c1ccc(OC(F)(F)F)cc1. The minimum atomic E-state index is -4.79. The fourth-order valence-electron chi connectivity index (χ4n) is 2.81. The number of nitrogens with zero attached hydrogens (tertiary/aromatic N) is 2. The fraction of sp³-hybridized carbons (Fsp3) is 0.429. The predicted octanol–water partition coefficient (Wildman–Crippen LogP) is 2.21. The van der Waals surface area contributed by atoms with E-state index in [1.807, 2.05) is 0 Å². The summed E-state index contributed by atoms with van der Waals surface area (Å²) in [6.07, 6.45) is -4.79. The van der Waals surface area contributed by atoms with Gasteiger partial charge in [-0.25, -0.2) is 8.42 Å². The predicted molar refractivity (Wildman–Crippen MR) is 87.5 cm³/mol. The van der Waals surface area contributed by atoms with Crippen molar-refractivity contribution in [2.45, 2.75) is 24.6 Å². The van der Waals surface area contributed by atoms with Crippen molar-refractivity contribution in [2.24, 2.45) is 4.99 Å². The highest BCUT2D eigenvalue weighted by molar-refractivity contribution is 8.16. The van der Waals surface area contributed by atoms with Gasteiger partial charge in [0.05, 0.1) is 17.5 Å². The molecule has 1 amide bonds. The smallest absolute Gasteiger partial charge is 0.406 e. The average Bonchev–Trinajstić information content (AvgIpc) is 2.88. The molecule has 11 heteroatoms. The van der Waals surface area contributed by atoms with Crippen molar-refractivity contribution in [3.05, 3.63) is 24.3 Å². The van der Waals surface area contributed by atoms with Crippen molar-refractivity contribution < 1.29 is 31.1 Å². The number of halogens is 3. The molecule has 0 N–H and O–H groups in total. The van der Waals surface area contributed by atoms with Crippen LogP contribution in [0.2, 0.25) is 0 Å². The van der Waals surface area contributed by atoms with Gasteiger partial charge >= 0.3 is 6.36 Å². The van der Waals surface area contributed by atoms with E-state index in [1.54, 1.807) is 4.90 Å². The molecule has 136 valence electrons. The average molecular weight is 394 g/mol. The molecular formula is C14H13F3N2O4S2. The minimum Gasteiger partial charge on any atom is -0.406 e. The van der Waals surface area contributed by atoms with E-state index < -0.39 is 28.1 Å². The van der Waals surface area contributed by atoms with Crippen LogP contribution >= 0.6 is 11.8 Å². The number of thioether (sulfide) groups is 1. The Morgan fingerprint density at radius 1 is 1.28 bits per heavy atom. The van der Waals surface area contributed by atoms with Crippen LogP contribution in [0.5, 0.6) is 5.75 Å². The van der Waals surface area contributed by atoms with Crippen LogP contribution in [0.1, 0.15) is 6.92 Å². The number of anilines is 1. The lowest BCUT2D eigenvalue weighted by molar-refractivity contribution is -0.274. The third kappa shape index (κ3) is 4.09. The van der Waals surface area contributed by atoms with E-state index in [4.69, 9.17) is 0 Å². The lowest BCUT2D eigenvalue weighted by atomic mass is 10.2. The molecule has 0 aromatic heterocycles. The van der Waals surface area contributed by atoms with Crippen molar-refractivity contribution in [3.8, 4) is 5.75 Å². The molecule has 0 bridgehead atoms. The minimum absolute atomic E-state index is 0.0228. The monoisotopic (exact) mass is 394 g/mol. The van der Waals surface area contributed by atoms with Gasteiger partial charge in [-0.2, -0.15) is 4.99 Å². The Balaban J connectivity index is 1.92. The molecule has 2 saturated heterocycles. The van der Waals surface area contributed by atoms with Gasteiger partial charge in [-0.05, 0) is 24.3 Å². The highest BCUT2D eigenvalue weighted by Gasteiger charge is 2.49. The summed E-state index contributed by atoms with van der Waals surface area (Å²) >= 11 is 1.19. The molecule has 2 aliphatic rings. The summed E-state index contributed by atoms with van der Waals surface area (Å²) in [6.45, 7) is 1.27. The van der Waals surface area contributed by atoms with Gasteiger partial charge < -0.3 is 9.64 Å². The number of benzene rings is 1. The first-order chi connectivity index (χ1) is 11.5. The normalized spacial score (nSPS) is 26.7. The van der Waals surface area contributed by atoms with E-state index in [9.17, 15) is 26.4 Å². The molecule has 0 radical (unpaired) electrons. The van der Waals surface area contributed by atoms with Gasteiger partial charge in [0, 0.05) is 17.9 Å². The molecule has 0 unspecified atom stereocenters.